The first kappa shape index (κ1) is 17.9. The fourth-order valence-electron chi connectivity index (χ4n) is 4.55. The number of hydrogen-bond acceptors (Lipinski definition) is 3. The largest absolute Gasteiger partial charge is 0.349 e. The number of amides is 1. The van der Waals surface area contributed by atoms with Crippen molar-refractivity contribution in [3.63, 3.8) is 0 Å². The van der Waals surface area contributed by atoms with E-state index in [2.05, 4.69) is 36.5 Å². The fourth-order valence-corrected chi connectivity index (χ4v) is 4.55. The minimum absolute atomic E-state index is 0.0937. The summed E-state index contributed by atoms with van der Waals surface area (Å²) < 4.78 is 1.91. The predicted octanol–water partition coefficient (Wildman–Crippen LogP) is 4.24. The van der Waals surface area contributed by atoms with Crippen molar-refractivity contribution < 1.29 is 4.79 Å². The number of carbonyl (C=O) groups excluding carboxylic acids is 1. The van der Waals surface area contributed by atoms with Gasteiger partial charge in [0.2, 0.25) is 5.91 Å². The van der Waals surface area contributed by atoms with Gasteiger partial charge in [-0.05, 0) is 61.9 Å². The Morgan fingerprint density at radius 3 is 2.83 bits per heavy atom. The number of hydrogen-bond donors (Lipinski definition) is 1. The second kappa shape index (κ2) is 6.99. The molecule has 5 rings (SSSR count). The van der Waals surface area contributed by atoms with Gasteiger partial charge in [0.25, 0.3) is 0 Å². The van der Waals surface area contributed by atoms with E-state index < -0.39 is 0 Å². The van der Waals surface area contributed by atoms with Gasteiger partial charge in [-0.15, -0.1) is 0 Å². The maximum atomic E-state index is 12.7. The van der Waals surface area contributed by atoms with Crippen LogP contribution in [-0.2, 0) is 17.6 Å². The highest BCUT2D eigenvalue weighted by molar-refractivity contribution is 5.92. The molecule has 0 bridgehead atoms. The Labute approximate surface area is 169 Å². The molecule has 0 saturated heterocycles. The fraction of sp³-hybridized carbons (Fsp3) is 0.292. The van der Waals surface area contributed by atoms with Crippen LogP contribution in [-0.4, -0.2) is 20.5 Å². The molecule has 4 aromatic rings. The lowest BCUT2D eigenvalue weighted by Gasteiger charge is -2.15. The van der Waals surface area contributed by atoms with Crippen molar-refractivity contribution in [1.82, 2.24) is 19.9 Å². The molecule has 1 unspecified atom stereocenters. The summed E-state index contributed by atoms with van der Waals surface area (Å²) in [6.45, 7) is 4.09. The van der Waals surface area contributed by atoms with E-state index in [9.17, 15) is 4.79 Å². The average molecular weight is 384 g/mol. The lowest BCUT2D eigenvalue weighted by atomic mass is 10.0. The van der Waals surface area contributed by atoms with Gasteiger partial charge in [-0.1, -0.05) is 36.4 Å². The van der Waals surface area contributed by atoms with Crippen molar-refractivity contribution in [2.45, 2.75) is 45.6 Å². The van der Waals surface area contributed by atoms with E-state index in [-0.39, 0.29) is 11.9 Å². The van der Waals surface area contributed by atoms with Gasteiger partial charge in [0.15, 0.2) is 5.65 Å². The average Bonchev–Trinajstić information content (AvgIpc) is 3.30. The smallest absolute Gasteiger partial charge is 0.220 e. The molecule has 2 aromatic carbocycles. The molecule has 2 heterocycles. The van der Waals surface area contributed by atoms with E-state index in [1.165, 1.54) is 11.1 Å². The third kappa shape index (κ3) is 3.07. The van der Waals surface area contributed by atoms with Gasteiger partial charge in [0.05, 0.1) is 11.6 Å². The van der Waals surface area contributed by atoms with Crippen LogP contribution < -0.4 is 5.32 Å². The van der Waals surface area contributed by atoms with Crippen molar-refractivity contribution in [2.24, 2.45) is 0 Å². The third-order valence-corrected chi connectivity index (χ3v) is 6.09. The van der Waals surface area contributed by atoms with E-state index in [1.54, 1.807) is 0 Å². The van der Waals surface area contributed by atoms with E-state index in [4.69, 9.17) is 10.1 Å². The van der Waals surface area contributed by atoms with E-state index >= 15 is 0 Å². The van der Waals surface area contributed by atoms with Crippen molar-refractivity contribution in [1.29, 1.82) is 0 Å². The summed E-state index contributed by atoms with van der Waals surface area (Å²) in [6.07, 6.45) is 3.13. The number of aromatic nitrogens is 3. The van der Waals surface area contributed by atoms with Gasteiger partial charge < -0.3 is 5.32 Å². The van der Waals surface area contributed by atoms with Crippen molar-refractivity contribution in [3.8, 4) is 0 Å². The molecule has 146 valence electrons. The van der Waals surface area contributed by atoms with E-state index in [0.717, 1.165) is 46.3 Å². The van der Waals surface area contributed by atoms with Crippen LogP contribution in [0.15, 0.2) is 48.5 Å². The molecule has 0 aliphatic heterocycles. The van der Waals surface area contributed by atoms with Crippen molar-refractivity contribution in [3.05, 3.63) is 76.6 Å². The first-order valence-corrected chi connectivity index (χ1v) is 10.2. The zero-order valence-electron chi connectivity index (χ0n) is 16.8. The molecule has 5 heteroatoms. The molecule has 29 heavy (non-hydrogen) atoms. The number of nitrogens with zero attached hydrogens (tertiary/aromatic N) is 3. The number of nitrogens with one attached hydrogen (secondary N) is 1. The van der Waals surface area contributed by atoms with Gasteiger partial charge in [-0.3, -0.25) is 4.79 Å². The van der Waals surface area contributed by atoms with Crippen LogP contribution in [0.2, 0.25) is 0 Å². The minimum atomic E-state index is 0.0937. The Balaban J connectivity index is 1.35. The normalized spacial score (nSPS) is 15.7. The summed E-state index contributed by atoms with van der Waals surface area (Å²) in [5.41, 5.74) is 7.57. The molecular weight excluding hydrogens is 360 g/mol. The summed E-state index contributed by atoms with van der Waals surface area (Å²) in [6, 6.07) is 16.6. The van der Waals surface area contributed by atoms with Crippen LogP contribution >= 0.6 is 0 Å². The second-order valence-electron chi connectivity index (χ2n) is 7.87. The third-order valence-electron chi connectivity index (χ3n) is 6.09. The Morgan fingerprint density at radius 2 is 1.93 bits per heavy atom. The highest BCUT2D eigenvalue weighted by atomic mass is 16.1. The lowest BCUT2D eigenvalue weighted by molar-refractivity contribution is -0.121. The molecule has 1 N–H and O–H groups in total. The van der Waals surface area contributed by atoms with Gasteiger partial charge in [-0.25, -0.2) is 9.50 Å². The van der Waals surface area contributed by atoms with E-state index in [1.807, 2.05) is 35.7 Å². The summed E-state index contributed by atoms with van der Waals surface area (Å²) in [4.78, 5) is 17.5. The minimum Gasteiger partial charge on any atom is -0.349 e. The topological polar surface area (TPSA) is 59.3 Å². The van der Waals surface area contributed by atoms with E-state index in [0.29, 0.717) is 12.8 Å². The Bertz CT molecular complexity index is 1240. The number of carbonyl (C=O) groups is 1. The van der Waals surface area contributed by atoms with Crippen LogP contribution in [0.3, 0.4) is 0 Å². The Kier molecular flexibility index (Phi) is 4.31. The number of aryl methyl sites for hydroxylation is 3. The standard InChI is InChI=1S/C24H24N4O/c1-15-18(16(2)28-24(25-15)20-9-5-6-10-22(20)27-28)12-14-23(29)26-21-13-11-17-7-3-4-8-19(17)21/h3-10,21H,11-14H2,1-2H3,(H,26,29). The molecule has 1 amide bonds. The summed E-state index contributed by atoms with van der Waals surface area (Å²) in [5, 5.41) is 8.98. The molecule has 0 spiro atoms. The SMILES string of the molecule is Cc1nc2c3ccccc3nn2c(C)c1CCC(=O)NC1CCc2ccccc21. The summed E-state index contributed by atoms with van der Waals surface area (Å²) >= 11 is 0. The molecular formula is C24H24N4O. The monoisotopic (exact) mass is 384 g/mol. The molecule has 0 saturated carbocycles. The Hall–Kier alpha value is -3.21. The predicted molar refractivity (Wildman–Crippen MR) is 114 cm³/mol. The van der Waals surface area contributed by atoms with Crippen molar-refractivity contribution >= 4 is 22.5 Å². The van der Waals surface area contributed by atoms with Gasteiger partial charge in [0.1, 0.15) is 0 Å². The zero-order valence-corrected chi connectivity index (χ0v) is 16.8. The maximum absolute atomic E-state index is 12.7. The summed E-state index contributed by atoms with van der Waals surface area (Å²) in [5.74, 6) is 0.0937. The van der Waals surface area contributed by atoms with Gasteiger partial charge >= 0.3 is 0 Å². The van der Waals surface area contributed by atoms with Crippen molar-refractivity contribution in [2.75, 3.05) is 0 Å². The first-order valence-electron chi connectivity index (χ1n) is 10.2. The lowest BCUT2D eigenvalue weighted by Crippen LogP contribution is -2.27. The highest BCUT2D eigenvalue weighted by Crippen LogP contribution is 2.31. The van der Waals surface area contributed by atoms with Crippen LogP contribution in [0.1, 0.15) is 47.0 Å². The van der Waals surface area contributed by atoms with Crippen LogP contribution in [0.25, 0.3) is 16.6 Å². The molecule has 2 aromatic heterocycles. The highest BCUT2D eigenvalue weighted by Gasteiger charge is 2.23. The molecule has 1 aliphatic rings. The number of fused-ring (bicyclic) bond motifs is 4. The maximum Gasteiger partial charge on any atom is 0.220 e. The number of benzene rings is 2. The molecule has 1 aliphatic carbocycles. The molecule has 0 fully saturated rings. The quantitative estimate of drug-likeness (QED) is 0.573. The Morgan fingerprint density at radius 1 is 1.14 bits per heavy atom. The first-order chi connectivity index (χ1) is 14.1. The zero-order chi connectivity index (χ0) is 20.0. The van der Waals surface area contributed by atoms with Crippen LogP contribution in [0.5, 0.6) is 0 Å². The summed E-state index contributed by atoms with van der Waals surface area (Å²) in [7, 11) is 0. The molecule has 5 nitrogen and oxygen atoms in total. The van der Waals surface area contributed by atoms with Crippen LogP contribution in [0.4, 0.5) is 0 Å². The van der Waals surface area contributed by atoms with Gasteiger partial charge in [0, 0.05) is 23.2 Å². The number of rotatable bonds is 4. The molecule has 0 radical (unpaired) electrons. The van der Waals surface area contributed by atoms with Crippen LogP contribution in [0, 0.1) is 13.8 Å². The second-order valence-corrected chi connectivity index (χ2v) is 7.87. The van der Waals surface area contributed by atoms with Gasteiger partial charge in [-0.2, -0.15) is 5.10 Å². The molecule has 1 atom stereocenters.